The van der Waals surface area contributed by atoms with Gasteiger partial charge in [0.25, 0.3) is 15.8 Å². The van der Waals surface area contributed by atoms with Crippen LogP contribution in [0, 0.1) is 17.0 Å². The van der Waals surface area contributed by atoms with Crippen LogP contribution in [-0.4, -0.2) is 23.0 Å². The maximum Gasteiger partial charge on any atom is 0.298 e. The van der Waals surface area contributed by atoms with Gasteiger partial charge in [0.05, 0.1) is 10.5 Å². The second kappa shape index (κ2) is 3.48. The Morgan fingerprint density at radius 1 is 1.40 bits per heavy atom. The van der Waals surface area contributed by atoms with Crippen LogP contribution in [-0.2, 0) is 10.1 Å². The number of benzene rings is 1. The second-order valence-corrected chi connectivity index (χ2v) is 4.15. The number of nitro benzene ring substituents is 1. The van der Waals surface area contributed by atoms with Crippen molar-refractivity contribution in [3.05, 3.63) is 27.8 Å². The van der Waals surface area contributed by atoms with Crippen LogP contribution < -0.4 is 0 Å². The molecule has 15 heavy (non-hydrogen) atoms. The third-order valence-electron chi connectivity index (χ3n) is 1.81. The fourth-order valence-corrected chi connectivity index (χ4v) is 2.01. The number of hydrogen-bond donors (Lipinski definition) is 2. The second-order valence-electron chi connectivity index (χ2n) is 2.79. The summed E-state index contributed by atoms with van der Waals surface area (Å²) in [5.41, 5.74) is -0.789. The molecule has 0 amide bonds. The molecule has 1 aromatic carbocycles. The van der Waals surface area contributed by atoms with Gasteiger partial charge in [-0.25, -0.2) is 0 Å². The van der Waals surface area contributed by atoms with Crippen LogP contribution in [0.4, 0.5) is 5.69 Å². The van der Waals surface area contributed by atoms with E-state index >= 15 is 0 Å². The quantitative estimate of drug-likeness (QED) is 0.444. The highest BCUT2D eigenvalue weighted by Gasteiger charge is 2.25. The molecule has 0 fully saturated rings. The van der Waals surface area contributed by atoms with Crippen molar-refractivity contribution in [2.75, 3.05) is 0 Å². The molecular weight excluding hydrogens is 226 g/mol. The van der Waals surface area contributed by atoms with Gasteiger partial charge in [-0.15, -0.1) is 0 Å². The summed E-state index contributed by atoms with van der Waals surface area (Å²) < 4.78 is 30.4. The zero-order valence-corrected chi connectivity index (χ0v) is 8.35. The molecule has 0 heterocycles. The Balaban J connectivity index is 3.66. The van der Waals surface area contributed by atoms with Crippen LogP contribution >= 0.6 is 0 Å². The minimum atomic E-state index is -4.67. The van der Waals surface area contributed by atoms with Crippen molar-refractivity contribution >= 4 is 15.8 Å². The highest BCUT2D eigenvalue weighted by Crippen LogP contribution is 2.32. The lowest BCUT2D eigenvalue weighted by molar-refractivity contribution is -0.385. The molecule has 0 unspecified atom stereocenters. The number of hydrogen-bond acceptors (Lipinski definition) is 5. The summed E-state index contributed by atoms with van der Waals surface area (Å²) in [5.74, 6) is -0.722. The zero-order chi connectivity index (χ0) is 11.8. The molecule has 0 atom stereocenters. The molecule has 0 saturated carbocycles. The van der Waals surface area contributed by atoms with E-state index in [0.717, 1.165) is 19.1 Å². The van der Waals surface area contributed by atoms with E-state index in [2.05, 4.69) is 0 Å². The fourth-order valence-electron chi connectivity index (χ4n) is 1.19. The molecule has 0 saturated heterocycles. The Morgan fingerprint density at radius 2 is 1.93 bits per heavy atom. The van der Waals surface area contributed by atoms with Gasteiger partial charge in [0.15, 0.2) is 0 Å². The Bertz CT molecular complexity index is 521. The predicted octanol–water partition coefficient (Wildman–Crippen LogP) is 0.856. The van der Waals surface area contributed by atoms with Gasteiger partial charge in [-0.05, 0) is 13.0 Å². The zero-order valence-electron chi connectivity index (χ0n) is 7.54. The Hall–Kier alpha value is -1.67. The first-order valence-electron chi connectivity index (χ1n) is 3.69. The molecule has 0 aliphatic heterocycles. The molecule has 1 aromatic rings. The van der Waals surface area contributed by atoms with Crippen LogP contribution in [0.5, 0.6) is 5.75 Å². The number of aromatic hydroxyl groups is 1. The number of phenols is 1. The van der Waals surface area contributed by atoms with Crippen LogP contribution in [0.1, 0.15) is 5.56 Å². The van der Waals surface area contributed by atoms with Gasteiger partial charge in [-0.3, -0.25) is 14.7 Å². The third kappa shape index (κ3) is 2.05. The molecule has 1 rings (SSSR count). The standard InChI is InChI=1S/C7H7NO6S/c1-4-5(8(10)11)2-3-6(9)7(4)15(12,13)14/h2-3,9H,1H3,(H,12,13,14). The molecule has 0 radical (unpaired) electrons. The lowest BCUT2D eigenvalue weighted by Gasteiger charge is -2.05. The third-order valence-corrected chi connectivity index (χ3v) is 2.84. The summed E-state index contributed by atoms with van der Waals surface area (Å²) >= 11 is 0. The van der Waals surface area contributed by atoms with Crippen LogP contribution in [0.3, 0.4) is 0 Å². The Labute approximate surface area is 84.9 Å². The molecule has 0 bridgehead atoms. The first kappa shape index (κ1) is 11.4. The van der Waals surface area contributed by atoms with E-state index < -0.39 is 31.4 Å². The van der Waals surface area contributed by atoms with E-state index in [1.54, 1.807) is 0 Å². The van der Waals surface area contributed by atoms with E-state index in [-0.39, 0.29) is 5.56 Å². The molecular formula is C7H7NO6S. The van der Waals surface area contributed by atoms with Crippen molar-refractivity contribution in [3.8, 4) is 5.75 Å². The number of nitrogens with zero attached hydrogens (tertiary/aromatic N) is 1. The average Bonchev–Trinajstić information content (AvgIpc) is 2.00. The van der Waals surface area contributed by atoms with Crippen molar-refractivity contribution in [1.29, 1.82) is 0 Å². The summed E-state index contributed by atoms with van der Waals surface area (Å²) in [5, 5.41) is 19.6. The van der Waals surface area contributed by atoms with E-state index in [1.165, 1.54) is 0 Å². The first-order chi connectivity index (χ1) is 6.75. The Morgan fingerprint density at radius 3 is 2.33 bits per heavy atom. The van der Waals surface area contributed by atoms with Crippen molar-refractivity contribution in [3.63, 3.8) is 0 Å². The SMILES string of the molecule is Cc1c([N+](=O)[O-])ccc(O)c1S(=O)(=O)O. The van der Waals surface area contributed by atoms with Gasteiger partial charge in [0.2, 0.25) is 0 Å². The van der Waals surface area contributed by atoms with Gasteiger partial charge >= 0.3 is 0 Å². The van der Waals surface area contributed by atoms with Crippen LogP contribution in [0.15, 0.2) is 17.0 Å². The topological polar surface area (TPSA) is 118 Å². The highest BCUT2D eigenvalue weighted by atomic mass is 32.2. The van der Waals surface area contributed by atoms with Crippen molar-refractivity contribution in [1.82, 2.24) is 0 Å². The lowest BCUT2D eigenvalue weighted by atomic mass is 10.2. The average molecular weight is 233 g/mol. The number of phenolic OH excluding ortho intramolecular Hbond substituents is 1. The van der Waals surface area contributed by atoms with Crippen molar-refractivity contribution in [2.24, 2.45) is 0 Å². The summed E-state index contributed by atoms with van der Waals surface area (Å²) in [6.07, 6.45) is 0. The molecule has 0 aliphatic carbocycles. The summed E-state index contributed by atoms with van der Waals surface area (Å²) in [7, 11) is -4.67. The summed E-state index contributed by atoms with van der Waals surface area (Å²) in [6.45, 7) is 1.13. The molecule has 0 spiro atoms. The molecule has 8 heteroatoms. The van der Waals surface area contributed by atoms with E-state index in [0.29, 0.717) is 0 Å². The first-order valence-corrected chi connectivity index (χ1v) is 5.13. The number of nitro groups is 1. The van der Waals surface area contributed by atoms with E-state index in [9.17, 15) is 23.6 Å². The molecule has 2 N–H and O–H groups in total. The monoisotopic (exact) mass is 233 g/mol. The van der Waals surface area contributed by atoms with Crippen molar-refractivity contribution < 1.29 is 23.0 Å². The van der Waals surface area contributed by atoms with Crippen molar-refractivity contribution in [2.45, 2.75) is 11.8 Å². The smallest absolute Gasteiger partial charge is 0.298 e. The lowest BCUT2D eigenvalue weighted by Crippen LogP contribution is -2.04. The Kier molecular flexibility index (Phi) is 2.65. The predicted molar refractivity (Wildman–Crippen MR) is 49.3 cm³/mol. The number of rotatable bonds is 2. The fraction of sp³-hybridized carbons (Fsp3) is 0.143. The maximum atomic E-state index is 10.8. The molecule has 7 nitrogen and oxygen atoms in total. The van der Waals surface area contributed by atoms with Crippen LogP contribution in [0.2, 0.25) is 0 Å². The highest BCUT2D eigenvalue weighted by molar-refractivity contribution is 7.86. The summed E-state index contributed by atoms with van der Waals surface area (Å²) in [4.78, 5) is 8.82. The van der Waals surface area contributed by atoms with Crippen LogP contribution in [0.25, 0.3) is 0 Å². The molecule has 82 valence electrons. The maximum absolute atomic E-state index is 10.8. The normalized spacial score (nSPS) is 11.3. The van der Waals surface area contributed by atoms with Gasteiger partial charge < -0.3 is 5.11 Å². The minimum absolute atomic E-state index is 0.303. The van der Waals surface area contributed by atoms with Gasteiger partial charge in [-0.2, -0.15) is 8.42 Å². The van der Waals surface area contributed by atoms with E-state index in [4.69, 9.17) is 4.55 Å². The summed E-state index contributed by atoms with van der Waals surface area (Å²) in [6, 6.07) is 1.80. The van der Waals surface area contributed by atoms with E-state index in [1.807, 2.05) is 0 Å². The largest absolute Gasteiger partial charge is 0.506 e. The van der Waals surface area contributed by atoms with Gasteiger partial charge in [-0.1, -0.05) is 0 Å². The molecule has 0 aliphatic rings. The van der Waals surface area contributed by atoms with Gasteiger partial charge in [0, 0.05) is 6.07 Å². The molecule has 0 aromatic heterocycles. The van der Waals surface area contributed by atoms with Gasteiger partial charge in [0.1, 0.15) is 10.6 Å². The minimum Gasteiger partial charge on any atom is -0.506 e.